The first-order chi connectivity index (χ1) is 11.7. The van der Waals surface area contributed by atoms with Crippen LogP contribution in [0.25, 0.3) is 0 Å². The van der Waals surface area contributed by atoms with Crippen LogP contribution in [0.5, 0.6) is 0 Å². The minimum absolute atomic E-state index is 0.0782. The Morgan fingerprint density at radius 2 is 2.12 bits per heavy atom. The maximum atomic E-state index is 12.4. The molecule has 0 bridgehead atoms. The fraction of sp³-hybridized carbons (Fsp3) is 0.944. The Morgan fingerprint density at radius 1 is 1.38 bits per heavy atom. The molecule has 0 spiro atoms. The first kappa shape index (κ1) is 19.6. The molecule has 1 aliphatic heterocycles. The number of nitrogens with two attached hydrogens (primary N) is 1. The van der Waals surface area contributed by atoms with Crippen LogP contribution in [0.2, 0.25) is 0 Å². The summed E-state index contributed by atoms with van der Waals surface area (Å²) >= 11 is 0. The minimum atomic E-state index is -0.194. The summed E-state index contributed by atoms with van der Waals surface area (Å²) in [5.41, 5.74) is 5.88. The SMILES string of the molecule is CCNC(=O)[C@@H]1COCCN1C(C)N(CCN)CC1CCCCC1. The van der Waals surface area contributed by atoms with Crippen molar-refractivity contribution in [1.82, 2.24) is 15.1 Å². The normalized spacial score (nSPS) is 24.9. The third kappa shape index (κ3) is 5.41. The molecule has 140 valence electrons. The molecule has 6 heteroatoms. The summed E-state index contributed by atoms with van der Waals surface area (Å²) in [5.74, 6) is 0.853. The number of morpholine rings is 1. The molecule has 1 saturated heterocycles. The molecule has 0 aromatic rings. The van der Waals surface area contributed by atoms with E-state index in [2.05, 4.69) is 22.0 Å². The van der Waals surface area contributed by atoms with Crippen LogP contribution in [-0.2, 0) is 9.53 Å². The Hall–Kier alpha value is -0.690. The highest BCUT2D eigenvalue weighted by atomic mass is 16.5. The molecular weight excluding hydrogens is 304 g/mol. The predicted octanol–water partition coefficient (Wildman–Crippen LogP) is 1.01. The number of carbonyl (C=O) groups excluding carboxylic acids is 1. The molecule has 1 amide bonds. The second kappa shape index (κ2) is 10.3. The maximum absolute atomic E-state index is 12.4. The fourth-order valence-electron chi connectivity index (χ4n) is 4.09. The van der Waals surface area contributed by atoms with Crippen LogP contribution in [0.1, 0.15) is 46.0 Å². The number of ether oxygens (including phenoxy) is 1. The summed E-state index contributed by atoms with van der Waals surface area (Å²) in [7, 11) is 0. The number of amides is 1. The van der Waals surface area contributed by atoms with Gasteiger partial charge in [0.25, 0.3) is 0 Å². The lowest BCUT2D eigenvalue weighted by molar-refractivity contribution is -0.138. The van der Waals surface area contributed by atoms with Gasteiger partial charge in [-0.1, -0.05) is 19.3 Å². The molecule has 0 aromatic carbocycles. The molecule has 1 saturated carbocycles. The summed E-state index contributed by atoms with van der Waals surface area (Å²) < 4.78 is 5.57. The zero-order valence-corrected chi connectivity index (χ0v) is 15.5. The number of carbonyl (C=O) groups is 1. The van der Waals surface area contributed by atoms with Crippen molar-refractivity contribution in [1.29, 1.82) is 0 Å². The van der Waals surface area contributed by atoms with Gasteiger partial charge in [-0.05, 0) is 32.6 Å². The van der Waals surface area contributed by atoms with Crippen LogP contribution in [0.4, 0.5) is 0 Å². The van der Waals surface area contributed by atoms with Crippen molar-refractivity contribution in [2.75, 3.05) is 45.9 Å². The van der Waals surface area contributed by atoms with Crippen LogP contribution in [0.3, 0.4) is 0 Å². The van der Waals surface area contributed by atoms with Gasteiger partial charge in [-0.15, -0.1) is 0 Å². The van der Waals surface area contributed by atoms with E-state index in [4.69, 9.17) is 10.5 Å². The van der Waals surface area contributed by atoms with Crippen molar-refractivity contribution in [3.05, 3.63) is 0 Å². The topological polar surface area (TPSA) is 70.8 Å². The highest BCUT2D eigenvalue weighted by molar-refractivity contribution is 5.82. The summed E-state index contributed by atoms with van der Waals surface area (Å²) in [5, 5.41) is 2.95. The summed E-state index contributed by atoms with van der Waals surface area (Å²) in [6.45, 7) is 9.45. The summed E-state index contributed by atoms with van der Waals surface area (Å²) in [6, 6.07) is -0.194. The van der Waals surface area contributed by atoms with Crippen molar-refractivity contribution in [3.63, 3.8) is 0 Å². The van der Waals surface area contributed by atoms with Crippen molar-refractivity contribution >= 4 is 5.91 Å². The van der Waals surface area contributed by atoms with Gasteiger partial charge in [0.05, 0.1) is 19.4 Å². The lowest BCUT2D eigenvalue weighted by Gasteiger charge is -2.44. The largest absolute Gasteiger partial charge is 0.378 e. The van der Waals surface area contributed by atoms with E-state index >= 15 is 0 Å². The zero-order valence-electron chi connectivity index (χ0n) is 15.5. The lowest BCUT2D eigenvalue weighted by atomic mass is 9.89. The molecule has 2 rings (SSSR count). The minimum Gasteiger partial charge on any atom is -0.378 e. The summed E-state index contributed by atoms with van der Waals surface area (Å²) in [4.78, 5) is 17.2. The van der Waals surface area contributed by atoms with Gasteiger partial charge in [-0.25, -0.2) is 0 Å². The Labute approximate surface area is 147 Å². The standard InChI is InChI=1S/C18H36N4O2/c1-3-20-18(23)17-14-24-12-11-22(17)15(2)21(10-9-19)13-16-7-5-4-6-8-16/h15-17H,3-14,19H2,1-2H3,(H,20,23)/t15?,17-/m0/s1. The molecule has 24 heavy (non-hydrogen) atoms. The van der Waals surface area contributed by atoms with E-state index in [-0.39, 0.29) is 18.1 Å². The van der Waals surface area contributed by atoms with Crippen molar-refractivity contribution in [3.8, 4) is 0 Å². The Balaban J connectivity index is 2.01. The number of likely N-dealkylation sites (N-methyl/N-ethyl adjacent to an activating group) is 1. The van der Waals surface area contributed by atoms with Crippen molar-refractivity contribution in [2.24, 2.45) is 11.7 Å². The smallest absolute Gasteiger partial charge is 0.239 e. The van der Waals surface area contributed by atoms with E-state index in [1.165, 1.54) is 32.1 Å². The molecular formula is C18H36N4O2. The molecule has 1 unspecified atom stereocenters. The van der Waals surface area contributed by atoms with E-state index in [9.17, 15) is 4.79 Å². The van der Waals surface area contributed by atoms with Gasteiger partial charge in [0.2, 0.25) is 5.91 Å². The second-order valence-electron chi connectivity index (χ2n) is 7.14. The molecule has 2 fully saturated rings. The van der Waals surface area contributed by atoms with Crippen molar-refractivity contribution in [2.45, 2.75) is 58.2 Å². The van der Waals surface area contributed by atoms with Crippen molar-refractivity contribution < 1.29 is 9.53 Å². The van der Waals surface area contributed by atoms with Crippen LogP contribution in [0.15, 0.2) is 0 Å². The monoisotopic (exact) mass is 340 g/mol. The molecule has 3 N–H and O–H groups in total. The highest BCUT2D eigenvalue weighted by Crippen LogP contribution is 2.26. The predicted molar refractivity (Wildman–Crippen MR) is 96.7 cm³/mol. The first-order valence-corrected chi connectivity index (χ1v) is 9.72. The molecule has 1 aliphatic carbocycles. The number of hydrogen-bond donors (Lipinski definition) is 2. The van der Waals surface area contributed by atoms with Gasteiger partial charge in [-0.2, -0.15) is 0 Å². The second-order valence-corrected chi connectivity index (χ2v) is 7.14. The lowest BCUT2D eigenvalue weighted by Crippen LogP contribution is -2.61. The first-order valence-electron chi connectivity index (χ1n) is 9.72. The van der Waals surface area contributed by atoms with Crippen LogP contribution in [0, 0.1) is 5.92 Å². The Morgan fingerprint density at radius 3 is 2.79 bits per heavy atom. The van der Waals surface area contributed by atoms with Gasteiger partial charge >= 0.3 is 0 Å². The average Bonchev–Trinajstić information content (AvgIpc) is 2.62. The van der Waals surface area contributed by atoms with Gasteiger partial charge in [-0.3, -0.25) is 14.6 Å². The van der Waals surface area contributed by atoms with E-state index < -0.39 is 0 Å². The van der Waals surface area contributed by atoms with Crippen LogP contribution >= 0.6 is 0 Å². The molecule has 2 atom stereocenters. The van der Waals surface area contributed by atoms with Gasteiger partial charge < -0.3 is 15.8 Å². The highest BCUT2D eigenvalue weighted by Gasteiger charge is 2.35. The number of rotatable bonds is 8. The van der Waals surface area contributed by atoms with Gasteiger partial charge in [0.1, 0.15) is 6.04 Å². The van der Waals surface area contributed by atoms with E-state index in [0.29, 0.717) is 26.3 Å². The van der Waals surface area contributed by atoms with E-state index in [1.54, 1.807) is 0 Å². The fourth-order valence-corrected chi connectivity index (χ4v) is 4.09. The van der Waals surface area contributed by atoms with Gasteiger partial charge in [0.15, 0.2) is 0 Å². The van der Waals surface area contributed by atoms with E-state index in [0.717, 1.165) is 25.6 Å². The molecule has 6 nitrogen and oxygen atoms in total. The number of hydrogen-bond acceptors (Lipinski definition) is 5. The number of nitrogens with zero attached hydrogens (tertiary/aromatic N) is 2. The van der Waals surface area contributed by atoms with E-state index in [1.807, 2.05) is 6.92 Å². The van der Waals surface area contributed by atoms with Gasteiger partial charge in [0, 0.05) is 32.7 Å². The molecule has 1 heterocycles. The third-order valence-corrected chi connectivity index (χ3v) is 5.47. The maximum Gasteiger partial charge on any atom is 0.239 e. The Bertz CT molecular complexity index is 374. The molecule has 0 aromatic heterocycles. The Kier molecular flexibility index (Phi) is 8.45. The quantitative estimate of drug-likeness (QED) is 0.690. The molecule has 2 aliphatic rings. The average molecular weight is 341 g/mol. The molecule has 0 radical (unpaired) electrons. The zero-order chi connectivity index (χ0) is 17.4. The van der Waals surface area contributed by atoms with Crippen LogP contribution in [-0.4, -0.2) is 73.9 Å². The third-order valence-electron chi connectivity index (χ3n) is 5.47. The number of nitrogens with one attached hydrogen (secondary N) is 1. The van der Waals surface area contributed by atoms with Crippen LogP contribution < -0.4 is 11.1 Å². The summed E-state index contributed by atoms with van der Waals surface area (Å²) in [6.07, 6.45) is 6.97.